The molecule has 0 aliphatic carbocycles. The van der Waals surface area contributed by atoms with Crippen molar-refractivity contribution in [1.82, 2.24) is 0 Å². The fourth-order valence-electron chi connectivity index (χ4n) is 5.45. The molecule has 0 radical (unpaired) electrons. The summed E-state index contributed by atoms with van der Waals surface area (Å²) in [5, 5.41) is 2.91. The van der Waals surface area contributed by atoms with Crippen LogP contribution in [-0.2, 0) is 14.3 Å². The highest BCUT2D eigenvalue weighted by atomic mass is 16.7. The molecule has 3 unspecified atom stereocenters. The molecule has 4 atom stereocenters. The van der Waals surface area contributed by atoms with Crippen LogP contribution in [0.3, 0.4) is 0 Å². The molecule has 2 aromatic rings. The normalized spacial score (nSPS) is 27.2. The third-order valence-corrected chi connectivity index (χ3v) is 7.00. The lowest BCUT2D eigenvalue weighted by Gasteiger charge is -2.24. The summed E-state index contributed by atoms with van der Waals surface area (Å²) in [4.78, 5) is 28.8. The third kappa shape index (κ3) is 3.13. The van der Waals surface area contributed by atoms with Gasteiger partial charge < -0.3 is 38.6 Å². The molecule has 4 heterocycles. The molecule has 182 valence electrons. The van der Waals surface area contributed by atoms with Crippen molar-refractivity contribution < 1.29 is 38.0 Å². The summed E-state index contributed by atoms with van der Waals surface area (Å²) in [5.74, 6) is 0.643. The van der Waals surface area contributed by atoms with Crippen LogP contribution in [0.25, 0.3) is 0 Å². The highest BCUT2D eigenvalue weighted by Gasteiger charge is 2.67. The standard InChI is InChI=1S/C25H24N2O8/c1-30-18-8-13(9-19(31-2)22(18)32-3)26-23(28)20-16-6-7-25(35-16)11-27(24(29)21(20)25)14-4-5-15-17(10-14)34-12-33-15/h4-10,16,20-21H,11-12H2,1-3H3,(H,26,28)/t16?,20?,21?,25-/m1/s1. The SMILES string of the molecule is COc1cc(NC(=O)C2C3C=C[C@]4(CN(c5ccc6c(c5)OCO6)C(=O)C24)O3)cc(OC)c1OC. The van der Waals surface area contributed by atoms with Gasteiger partial charge in [0.1, 0.15) is 5.60 Å². The zero-order valence-electron chi connectivity index (χ0n) is 19.4. The molecule has 1 spiro atoms. The first-order chi connectivity index (χ1) is 17.0. The van der Waals surface area contributed by atoms with E-state index in [1.54, 1.807) is 29.2 Å². The first-order valence-electron chi connectivity index (χ1n) is 11.2. The molecule has 4 aliphatic heterocycles. The molecule has 4 aliphatic rings. The number of hydrogen-bond acceptors (Lipinski definition) is 8. The van der Waals surface area contributed by atoms with Crippen LogP contribution >= 0.6 is 0 Å². The minimum absolute atomic E-state index is 0.149. The summed E-state index contributed by atoms with van der Waals surface area (Å²) in [6.07, 6.45) is 3.30. The van der Waals surface area contributed by atoms with Crippen LogP contribution in [-0.4, -0.2) is 58.2 Å². The minimum atomic E-state index is -0.852. The van der Waals surface area contributed by atoms with Crippen molar-refractivity contribution in [3.8, 4) is 28.7 Å². The number of fused-ring (bicyclic) bond motifs is 2. The van der Waals surface area contributed by atoms with Gasteiger partial charge in [-0.3, -0.25) is 9.59 Å². The van der Waals surface area contributed by atoms with E-state index in [9.17, 15) is 9.59 Å². The molecule has 0 saturated carbocycles. The van der Waals surface area contributed by atoms with E-state index in [0.29, 0.717) is 46.7 Å². The lowest BCUT2D eigenvalue weighted by Crippen LogP contribution is -2.41. The molecule has 6 rings (SSSR count). The Balaban J connectivity index is 1.28. The first-order valence-corrected chi connectivity index (χ1v) is 11.2. The van der Waals surface area contributed by atoms with Gasteiger partial charge >= 0.3 is 0 Å². The third-order valence-electron chi connectivity index (χ3n) is 7.00. The number of carbonyl (C=O) groups excluding carboxylic acids is 2. The predicted molar refractivity (Wildman–Crippen MR) is 123 cm³/mol. The number of ether oxygens (including phenoxy) is 6. The molecular formula is C25H24N2O8. The van der Waals surface area contributed by atoms with Crippen LogP contribution in [0.15, 0.2) is 42.5 Å². The summed E-state index contributed by atoms with van der Waals surface area (Å²) in [5.41, 5.74) is 0.283. The van der Waals surface area contributed by atoms with E-state index in [2.05, 4.69) is 5.32 Å². The van der Waals surface area contributed by atoms with Crippen molar-refractivity contribution in [3.05, 3.63) is 42.5 Å². The van der Waals surface area contributed by atoms with E-state index in [-0.39, 0.29) is 18.6 Å². The number of amides is 2. The second kappa shape index (κ2) is 7.81. The van der Waals surface area contributed by atoms with E-state index in [0.717, 1.165) is 0 Å². The molecule has 2 amide bonds. The molecule has 35 heavy (non-hydrogen) atoms. The Bertz CT molecular complexity index is 1240. The summed E-state index contributed by atoms with van der Waals surface area (Å²) >= 11 is 0. The van der Waals surface area contributed by atoms with Gasteiger partial charge in [-0.15, -0.1) is 0 Å². The number of anilines is 2. The van der Waals surface area contributed by atoms with Crippen LogP contribution in [0.4, 0.5) is 11.4 Å². The smallest absolute Gasteiger partial charge is 0.234 e. The largest absolute Gasteiger partial charge is 0.493 e. The number of carbonyl (C=O) groups is 2. The van der Waals surface area contributed by atoms with Gasteiger partial charge in [-0.25, -0.2) is 0 Å². The van der Waals surface area contributed by atoms with Gasteiger partial charge in [0.25, 0.3) is 0 Å². The fraction of sp³-hybridized carbons (Fsp3) is 0.360. The fourth-order valence-corrected chi connectivity index (χ4v) is 5.45. The number of methoxy groups -OCH3 is 3. The average Bonchev–Trinajstić information content (AvgIpc) is 3.63. The second-order valence-corrected chi connectivity index (χ2v) is 8.77. The Hall–Kier alpha value is -3.92. The Kier molecular flexibility index (Phi) is 4.82. The monoisotopic (exact) mass is 480 g/mol. The molecule has 2 bridgehead atoms. The zero-order valence-corrected chi connectivity index (χ0v) is 19.4. The molecular weight excluding hydrogens is 456 g/mol. The maximum atomic E-state index is 13.6. The van der Waals surface area contributed by atoms with Crippen LogP contribution in [0.2, 0.25) is 0 Å². The van der Waals surface area contributed by atoms with Crippen LogP contribution in [0.1, 0.15) is 0 Å². The Morgan fingerprint density at radius 3 is 2.51 bits per heavy atom. The Morgan fingerprint density at radius 2 is 1.80 bits per heavy atom. The van der Waals surface area contributed by atoms with E-state index in [4.69, 9.17) is 28.4 Å². The van der Waals surface area contributed by atoms with Crippen molar-refractivity contribution in [1.29, 1.82) is 0 Å². The molecule has 2 fully saturated rings. The highest BCUT2D eigenvalue weighted by Crippen LogP contribution is 2.53. The molecule has 10 heteroatoms. The van der Waals surface area contributed by atoms with Gasteiger partial charge in [-0.2, -0.15) is 0 Å². The lowest BCUT2D eigenvalue weighted by molar-refractivity contribution is -0.128. The summed E-state index contributed by atoms with van der Waals surface area (Å²) in [6.45, 7) is 0.465. The van der Waals surface area contributed by atoms with Crippen molar-refractivity contribution >= 4 is 23.2 Å². The highest BCUT2D eigenvalue weighted by molar-refractivity contribution is 6.05. The van der Waals surface area contributed by atoms with Crippen molar-refractivity contribution in [2.75, 3.05) is 44.9 Å². The molecule has 0 aromatic heterocycles. The van der Waals surface area contributed by atoms with Crippen LogP contribution < -0.4 is 33.9 Å². The molecule has 1 N–H and O–H groups in total. The van der Waals surface area contributed by atoms with Gasteiger partial charge in [-0.05, 0) is 12.1 Å². The summed E-state index contributed by atoms with van der Waals surface area (Å²) < 4.78 is 33.2. The van der Waals surface area contributed by atoms with E-state index in [1.807, 2.05) is 18.2 Å². The van der Waals surface area contributed by atoms with E-state index in [1.165, 1.54) is 21.3 Å². The zero-order chi connectivity index (χ0) is 24.3. The summed E-state index contributed by atoms with van der Waals surface area (Å²) in [7, 11) is 4.51. The summed E-state index contributed by atoms with van der Waals surface area (Å²) in [6, 6.07) is 8.66. The minimum Gasteiger partial charge on any atom is -0.493 e. The van der Waals surface area contributed by atoms with Gasteiger partial charge in [-0.1, -0.05) is 12.2 Å². The van der Waals surface area contributed by atoms with Crippen molar-refractivity contribution in [3.63, 3.8) is 0 Å². The van der Waals surface area contributed by atoms with Gasteiger partial charge in [0, 0.05) is 29.6 Å². The number of benzene rings is 2. The maximum Gasteiger partial charge on any atom is 0.234 e. The van der Waals surface area contributed by atoms with E-state index >= 15 is 0 Å². The molecule has 10 nitrogen and oxygen atoms in total. The van der Waals surface area contributed by atoms with Gasteiger partial charge in [0.05, 0.1) is 45.8 Å². The number of nitrogens with zero attached hydrogens (tertiary/aromatic N) is 1. The van der Waals surface area contributed by atoms with Crippen LogP contribution in [0, 0.1) is 11.8 Å². The van der Waals surface area contributed by atoms with Crippen LogP contribution in [0.5, 0.6) is 28.7 Å². The predicted octanol–water partition coefficient (Wildman–Crippen LogP) is 2.37. The Morgan fingerprint density at radius 1 is 1.06 bits per heavy atom. The van der Waals surface area contributed by atoms with Crippen molar-refractivity contribution in [2.24, 2.45) is 11.8 Å². The quantitative estimate of drug-likeness (QED) is 0.629. The number of nitrogens with one attached hydrogen (secondary N) is 1. The number of hydrogen-bond donors (Lipinski definition) is 1. The van der Waals surface area contributed by atoms with Gasteiger partial charge in [0.2, 0.25) is 24.4 Å². The molecule has 2 aromatic carbocycles. The first kappa shape index (κ1) is 21.6. The maximum absolute atomic E-state index is 13.6. The topological polar surface area (TPSA) is 105 Å². The van der Waals surface area contributed by atoms with E-state index < -0.39 is 23.5 Å². The average molecular weight is 480 g/mol. The Labute approximate surface area is 201 Å². The molecule has 2 saturated heterocycles. The van der Waals surface area contributed by atoms with Crippen molar-refractivity contribution in [2.45, 2.75) is 11.7 Å². The van der Waals surface area contributed by atoms with Gasteiger partial charge in [0.15, 0.2) is 23.0 Å². The second-order valence-electron chi connectivity index (χ2n) is 8.77. The number of rotatable bonds is 6. The lowest BCUT2D eigenvalue weighted by atomic mass is 9.77.